The summed E-state index contributed by atoms with van der Waals surface area (Å²) in [6.45, 7) is 4.94. The molecule has 1 aromatic rings. The molecule has 0 spiro atoms. The maximum Gasteiger partial charge on any atom is 0.224 e. The molecule has 0 radical (unpaired) electrons. The zero-order valence-corrected chi connectivity index (χ0v) is 12.4. The lowest BCUT2D eigenvalue weighted by molar-refractivity contribution is -0.116. The molecule has 1 amide bonds. The smallest absolute Gasteiger partial charge is 0.224 e. The van der Waals surface area contributed by atoms with Gasteiger partial charge in [0.2, 0.25) is 5.91 Å². The van der Waals surface area contributed by atoms with Gasteiger partial charge in [0.25, 0.3) is 0 Å². The first-order valence-corrected chi connectivity index (χ1v) is 7.43. The number of nitrogens with zero attached hydrogens (tertiary/aromatic N) is 2. The minimum Gasteiger partial charge on any atom is -0.355 e. The molecule has 0 atom stereocenters. The van der Waals surface area contributed by atoms with Crippen molar-refractivity contribution in [2.75, 3.05) is 36.9 Å². The Morgan fingerprint density at radius 2 is 2.35 bits per heavy atom. The Labute approximate surface area is 120 Å². The molecule has 0 saturated carbocycles. The number of carbonyl (C=O) groups is 1. The van der Waals surface area contributed by atoms with E-state index in [1.54, 1.807) is 6.20 Å². The second-order valence-electron chi connectivity index (χ2n) is 5.15. The van der Waals surface area contributed by atoms with Crippen LogP contribution in [0.3, 0.4) is 0 Å². The zero-order valence-electron chi connectivity index (χ0n) is 12.4. The highest BCUT2D eigenvalue weighted by atomic mass is 16.1. The van der Waals surface area contributed by atoms with E-state index in [1.165, 1.54) is 5.56 Å². The second kappa shape index (κ2) is 7.24. The molecule has 5 nitrogen and oxygen atoms in total. The first-order chi connectivity index (χ1) is 9.76. The summed E-state index contributed by atoms with van der Waals surface area (Å²) in [5.41, 5.74) is 2.11. The number of nitrogens with one attached hydrogen (secondary N) is 2. The van der Waals surface area contributed by atoms with Gasteiger partial charge in [-0.05, 0) is 32.4 Å². The summed E-state index contributed by atoms with van der Waals surface area (Å²) in [6, 6.07) is 1.91. The summed E-state index contributed by atoms with van der Waals surface area (Å²) in [5.74, 6) is 1.12. The lowest BCUT2D eigenvalue weighted by Crippen LogP contribution is -2.36. The second-order valence-corrected chi connectivity index (χ2v) is 5.15. The van der Waals surface area contributed by atoms with Crippen LogP contribution >= 0.6 is 0 Å². The number of hydrogen-bond acceptors (Lipinski definition) is 4. The zero-order chi connectivity index (χ0) is 14.4. The largest absolute Gasteiger partial charge is 0.355 e. The number of likely N-dealkylation sites (N-methyl/N-ethyl adjacent to an activating group) is 1. The van der Waals surface area contributed by atoms with Gasteiger partial charge in [-0.3, -0.25) is 4.79 Å². The van der Waals surface area contributed by atoms with Gasteiger partial charge in [0, 0.05) is 43.5 Å². The van der Waals surface area contributed by atoms with Crippen LogP contribution in [-0.2, 0) is 11.2 Å². The van der Waals surface area contributed by atoms with Crippen molar-refractivity contribution >= 4 is 17.4 Å². The fourth-order valence-corrected chi connectivity index (χ4v) is 2.57. The lowest BCUT2D eigenvalue weighted by Gasteiger charge is -2.31. The minimum atomic E-state index is 0.0910. The highest BCUT2D eigenvalue weighted by Crippen LogP contribution is 2.30. The summed E-state index contributed by atoms with van der Waals surface area (Å²) in [7, 11) is 1.96. The van der Waals surface area contributed by atoms with Gasteiger partial charge < -0.3 is 15.5 Å². The molecule has 0 aromatic carbocycles. The molecule has 0 aliphatic carbocycles. The standard InChI is InChI=1S/C15H24N4O/c1-3-5-14(20)18-13-7-8-17-15-12(13)6-4-10-19(15)11-9-16-2/h7-8,16H,3-6,9-11H2,1-2H3,(H,17,18,20). The van der Waals surface area contributed by atoms with Gasteiger partial charge in [-0.2, -0.15) is 0 Å². The van der Waals surface area contributed by atoms with Crippen LogP contribution in [0.5, 0.6) is 0 Å². The number of amides is 1. The quantitative estimate of drug-likeness (QED) is 0.832. The first kappa shape index (κ1) is 14.8. The van der Waals surface area contributed by atoms with E-state index in [0.717, 1.165) is 50.4 Å². The normalized spacial score (nSPS) is 14.0. The van der Waals surface area contributed by atoms with Gasteiger partial charge in [-0.15, -0.1) is 0 Å². The van der Waals surface area contributed by atoms with Crippen LogP contribution in [0.4, 0.5) is 11.5 Å². The van der Waals surface area contributed by atoms with Crippen LogP contribution in [0.1, 0.15) is 31.7 Å². The third-order valence-electron chi connectivity index (χ3n) is 3.57. The first-order valence-electron chi connectivity index (χ1n) is 7.43. The molecule has 0 saturated heterocycles. The van der Waals surface area contributed by atoms with Gasteiger partial charge in [0.05, 0.1) is 0 Å². The van der Waals surface area contributed by atoms with Crippen LogP contribution in [0.2, 0.25) is 0 Å². The number of rotatable bonds is 6. The Morgan fingerprint density at radius 3 is 3.10 bits per heavy atom. The van der Waals surface area contributed by atoms with Gasteiger partial charge in [-0.25, -0.2) is 4.98 Å². The molecular weight excluding hydrogens is 252 g/mol. The molecule has 2 rings (SSSR count). The van der Waals surface area contributed by atoms with Gasteiger partial charge in [0.15, 0.2) is 0 Å². The van der Waals surface area contributed by atoms with Crippen molar-refractivity contribution in [3.63, 3.8) is 0 Å². The number of fused-ring (bicyclic) bond motifs is 1. The van der Waals surface area contributed by atoms with E-state index in [0.29, 0.717) is 6.42 Å². The molecular formula is C15H24N4O. The summed E-state index contributed by atoms with van der Waals surface area (Å²) >= 11 is 0. The molecule has 20 heavy (non-hydrogen) atoms. The molecule has 110 valence electrons. The summed E-state index contributed by atoms with van der Waals surface area (Å²) in [5, 5.41) is 6.20. The Kier molecular flexibility index (Phi) is 5.35. The maximum absolute atomic E-state index is 11.8. The van der Waals surface area contributed by atoms with E-state index in [-0.39, 0.29) is 5.91 Å². The van der Waals surface area contributed by atoms with Gasteiger partial charge in [0.1, 0.15) is 5.82 Å². The highest BCUT2D eigenvalue weighted by molar-refractivity contribution is 5.92. The van der Waals surface area contributed by atoms with Crippen molar-refractivity contribution in [2.45, 2.75) is 32.6 Å². The summed E-state index contributed by atoms with van der Waals surface area (Å²) in [6.07, 6.45) is 5.33. The fraction of sp³-hybridized carbons (Fsp3) is 0.600. The lowest BCUT2D eigenvalue weighted by atomic mass is 10.0. The Hall–Kier alpha value is -1.62. The molecule has 1 aliphatic heterocycles. The predicted molar refractivity (Wildman–Crippen MR) is 82.2 cm³/mol. The topological polar surface area (TPSA) is 57.3 Å². The number of aromatic nitrogens is 1. The minimum absolute atomic E-state index is 0.0910. The third-order valence-corrected chi connectivity index (χ3v) is 3.57. The molecule has 0 bridgehead atoms. The van der Waals surface area contributed by atoms with E-state index in [2.05, 4.69) is 20.5 Å². The molecule has 5 heteroatoms. The van der Waals surface area contributed by atoms with Gasteiger partial charge >= 0.3 is 0 Å². The predicted octanol–water partition coefficient (Wildman–Crippen LogP) is 1.79. The summed E-state index contributed by atoms with van der Waals surface area (Å²) < 4.78 is 0. The van der Waals surface area contributed by atoms with E-state index in [4.69, 9.17) is 0 Å². The van der Waals surface area contributed by atoms with E-state index in [9.17, 15) is 4.79 Å². The van der Waals surface area contributed by atoms with E-state index < -0.39 is 0 Å². The fourth-order valence-electron chi connectivity index (χ4n) is 2.57. The van der Waals surface area contributed by atoms with Crippen molar-refractivity contribution in [3.8, 4) is 0 Å². The molecule has 2 N–H and O–H groups in total. The van der Waals surface area contributed by atoms with Crippen LogP contribution in [0.15, 0.2) is 12.3 Å². The SMILES string of the molecule is CCCC(=O)Nc1ccnc2c1CCCN2CCNC. The maximum atomic E-state index is 11.8. The van der Waals surface area contributed by atoms with E-state index in [1.807, 2.05) is 20.0 Å². The van der Waals surface area contributed by atoms with Crippen LogP contribution < -0.4 is 15.5 Å². The molecule has 2 heterocycles. The van der Waals surface area contributed by atoms with Crippen molar-refractivity contribution in [2.24, 2.45) is 0 Å². The Balaban J connectivity index is 2.17. The number of anilines is 2. The number of hydrogen-bond donors (Lipinski definition) is 2. The summed E-state index contributed by atoms with van der Waals surface area (Å²) in [4.78, 5) is 18.6. The molecule has 0 unspecified atom stereocenters. The molecule has 0 fully saturated rings. The number of pyridine rings is 1. The Bertz CT molecular complexity index is 461. The van der Waals surface area contributed by atoms with Crippen LogP contribution in [0.25, 0.3) is 0 Å². The van der Waals surface area contributed by atoms with Crippen LogP contribution in [-0.4, -0.2) is 37.6 Å². The van der Waals surface area contributed by atoms with Gasteiger partial charge in [-0.1, -0.05) is 6.92 Å². The average Bonchev–Trinajstić information content (AvgIpc) is 2.45. The Morgan fingerprint density at radius 1 is 1.50 bits per heavy atom. The number of carbonyl (C=O) groups excluding carboxylic acids is 1. The van der Waals surface area contributed by atoms with Crippen molar-refractivity contribution in [3.05, 3.63) is 17.8 Å². The average molecular weight is 276 g/mol. The van der Waals surface area contributed by atoms with Crippen molar-refractivity contribution in [1.82, 2.24) is 10.3 Å². The highest BCUT2D eigenvalue weighted by Gasteiger charge is 2.21. The van der Waals surface area contributed by atoms with E-state index >= 15 is 0 Å². The third kappa shape index (κ3) is 3.48. The molecule has 1 aliphatic rings. The van der Waals surface area contributed by atoms with Crippen molar-refractivity contribution in [1.29, 1.82) is 0 Å². The molecule has 1 aromatic heterocycles. The monoisotopic (exact) mass is 276 g/mol. The van der Waals surface area contributed by atoms with Crippen molar-refractivity contribution < 1.29 is 4.79 Å². The van der Waals surface area contributed by atoms with Crippen LogP contribution in [0, 0.1) is 0 Å².